The summed E-state index contributed by atoms with van der Waals surface area (Å²) in [7, 11) is 0.403. The van der Waals surface area contributed by atoms with Crippen molar-refractivity contribution in [1.29, 1.82) is 0 Å². The molecular weight excluding hydrogens is 670 g/mol. The normalized spacial score (nSPS) is 23.3. The summed E-state index contributed by atoms with van der Waals surface area (Å²) in [6, 6.07) is 18.0. The maximum Gasteiger partial charge on any atom is 0.303 e. The number of aromatic nitrogens is 1. The molecule has 3 atom stereocenters. The van der Waals surface area contributed by atoms with Crippen molar-refractivity contribution >= 4 is 32.9 Å². The minimum atomic E-state index is -4.00. The third kappa shape index (κ3) is 5.81. The van der Waals surface area contributed by atoms with E-state index >= 15 is 0 Å². The lowest BCUT2D eigenvalue weighted by molar-refractivity contribution is -0.139. The summed E-state index contributed by atoms with van der Waals surface area (Å²) in [5, 5.41) is 4.54. The number of methoxy groups -OCH3 is 1. The van der Waals surface area contributed by atoms with E-state index in [2.05, 4.69) is 26.7 Å². The highest BCUT2D eigenvalue weighted by molar-refractivity contribution is 7.87. The summed E-state index contributed by atoms with van der Waals surface area (Å²) >= 11 is 0. The summed E-state index contributed by atoms with van der Waals surface area (Å²) in [5.41, 5.74) is 5.78. The molecule has 4 aromatic rings. The predicted molar refractivity (Wildman–Crippen MR) is 193 cm³/mol. The number of benzene rings is 3. The molecule has 2 saturated carbocycles. The molecule has 4 aliphatic rings. The number of carbonyl (C=O) groups excluding carboxylic acids is 2. The Morgan fingerprint density at radius 2 is 1.78 bits per heavy atom. The highest BCUT2D eigenvalue weighted by Crippen LogP contribution is 2.66. The van der Waals surface area contributed by atoms with Crippen LogP contribution >= 0.6 is 0 Å². The Morgan fingerprint density at radius 1 is 1.02 bits per heavy atom. The van der Waals surface area contributed by atoms with Gasteiger partial charge in [0.2, 0.25) is 5.91 Å². The van der Waals surface area contributed by atoms with Crippen molar-refractivity contribution in [2.45, 2.75) is 62.9 Å². The molecule has 51 heavy (non-hydrogen) atoms. The van der Waals surface area contributed by atoms with Crippen molar-refractivity contribution < 1.29 is 27.1 Å². The molecule has 1 saturated heterocycles. The number of halogens is 1. The van der Waals surface area contributed by atoms with Crippen LogP contribution in [-0.2, 0) is 21.5 Å². The fourth-order valence-corrected chi connectivity index (χ4v) is 9.39. The standard InChI is InChI=1S/C39H44FN5O5S/c1-43(2)51(48,49)42-37(46)26-11-15-30-34(19-26)45-23-39(38(47)44-18-17-41-33(22-44)24-9-12-27(40)13-10-24)21-32(39)31-20-28(50-3)14-16-29(31)36(45)35(30)25-7-5-4-6-8-25/h9-16,19-20,25,32-33,41H,4-8,17-18,21-23H2,1-3H3,(H,42,46). The molecule has 3 aromatic carbocycles. The molecule has 2 amide bonds. The molecule has 0 radical (unpaired) electrons. The van der Waals surface area contributed by atoms with Gasteiger partial charge in [0.1, 0.15) is 11.6 Å². The van der Waals surface area contributed by atoms with Gasteiger partial charge in [-0.25, -0.2) is 9.11 Å². The molecule has 1 aromatic heterocycles. The predicted octanol–water partition coefficient (Wildman–Crippen LogP) is 5.70. The maximum atomic E-state index is 15.0. The first-order valence-electron chi connectivity index (χ1n) is 17.9. The van der Waals surface area contributed by atoms with Crippen LogP contribution in [0.15, 0.2) is 60.7 Å². The molecule has 3 fully saturated rings. The molecular formula is C39H44FN5O5S. The number of nitrogens with zero attached hydrogens (tertiary/aromatic N) is 3. The van der Waals surface area contributed by atoms with Crippen LogP contribution in [0.2, 0.25) is 0 Å². The van der Waals surface area contributed by atoms with Crippen LogP contribution in [0, 0.1) is 11.2 Å². The Labute approximate surface area is 298 Å². The highest BCUT2D eigenvalue weighted by Gasteiger charge is 2.64. The molecule has 8 rings (SSSR count). The van der Waals surface area contributed by atoms with E-state index in [9.17, 15) is 22.4 Å². The lowest BCUT2D eigenvalue weighted by Crippen LogP contribution is -2.51. The van der Waals surface area contributed by atoms with Crippen molar-refractivity contribution in [1.82, 2.24) is 23.8 Å². The second-order valence-electron chi connectivity index (χ2n) is 14.8. The van der Waals surface area contributed by atoms with Gasteiger partial charge >= 0.3 is 10.2 Å². The number of ether oxygens (including phenoxy) is 1. The van der Waals surface area contributed by atoms with Crippen molar-refractivity contribution in [2.24, 2.45) is 5.41 Å². The van der Waals surface area contributed by atoms with Crippen LogP contribution in [0.4, 0.5) is 4.39 Å². The van der Waals surface area contributed by atoms with Gasteiger partial charge in [-0.2, -0.15) is 12.7 Å². The van der Waals surface area contributed by atoms with Crippen molar-refractivity contribution in [3.63, 3.8) is 0 Å². The summed E-state index contributed by atoms with van der Waals surface area (Å²) in [6.07, 6.45) is 6.26. The Bertz CT molecular complexity index is 2140. The largest absolute Gasteiger partial charge is 0.497 e. The Kier molecular flexibility index (Phi) is 8.46. The molecule has 0 bridgehead atoms. The first kappa shape index (κ1) is 33.9. The number of hydrogen-bond acceptors (Lipinski definition) is 6. The summed E-state index contributed by atoms with van der Waals surface area (Å²) in [6.45, 7) is 2.09. The second kappa shape index (κ2) is 12.8. The number of amides is 2. The zero-order chi connectivity index (χ0) is 35.7. The number of rotatable bonds is 7. The van der Waals surface area contributed by atoms with Crippen LogP contribution in [0.3, 0.4) is 0 Å². The Morgan fingerprint density at radius 3 is 2.51 bits per heavy atom. The SMILES string of the molecule is COc1ccc2c(c1)C1CC1(C(=O)N1CCNC(c3ccc(F)cc3)C1)Cn1c-2c(C2CCCCC2)c2ccc(C(=O)NS(=O)(=O)N(C)C)cc21. The van der Waals surface area contributed by atoms with Crippen LogP contribution < -0.4 is 14.8 Å². The van der Waals surface area contributed by atoms with Crippen LogP contribution in [0.5, 0.6) is 5.75 Å². The van der Waals surface area contributed by atoms with Gasteiger partial charge < -0.3 is 19.5 Å². The minimum absolute atomic E-state index is 0.0277. The fourth-order valence-electron chi connectivity index (χ4n) is 8.86. The Hall–Kier alpha value is -4.26. The summed E-state index contributed by atoms with van der Waals surface area (Å²) in [5.74, 6) is 0.117. The van der Waals surface area contributed by atoms with Gasteiger partial charge in [-0.3, -0.25) is 9.59 Å². The van der Waals surface area contributed by atoms with E-state index in [0.29, 0.717) is 38.5 Å². The van der Waals surface area contributed by atoms with E-state index in [4.69, 9.17) is 4.74 Å². The third-order valence-electron chi connectivity index (χ3n) is 11.6. The van der Waals surface area contributed by atoms with Gasteiger partial charge in [-0.05, 0) is 84.3 Å². The number of piperazine rings is 1. The minimum Gasteiger partial charge on any atom is -0.497 e. The van der Waals surface area contributed by atoms with Crippen LogP contribution in [-0.4, -0.2) is 74.8 Å². The Balaban J connectivity index is 1.27. The molecule has 12 heteroatoms. The second-order valence-corrected chi connectivity index (χ2v) is 16.7. The number of carbonyl (C=O) groups is 2. The zero-order valence-electron chi connectivity index (χ0n) is 29.2. The third-order valence-corrected chi connectivity index (χ3v) is 13.1. The van der Waals surface area contributed by atoms with E-state index in [-0.39, 0.29) is 29.2 Å². The van der Waals surface area contributed by atoms with Gasteiger partial charge in [0.25, 0.3) is 5.91 Å². The van der Waals surface area contributed by atoms with Crippen LogP contribution in [0.1, 0.15) is 83.5 Å². The fraction of sp³-hybridized carbons (Fsp3) is 0.436. The average Bonchev–Trinajstić information content (AvgIpc) is 3.81. The number of nitrogens with one attached hydrogen (secondary N) is 2. The lowest BCUT2D eigenvalue weighted by Gasteiger charge is -2.36. The van der Waals surface area contributed by atoms with Gasteiger partial charge in [0.05, 0.1) is 18.2 Å². The molecule has 268 valence electrons. The lowest BCUT2D eigenvalue weighted by atomic mass is 9.81. The molecule has 3 heterocycles. The van der Waals surface area contributed by atoms with Gasteiger partial charge in [-0.15, -0.1) is 0 Å². The molecule has 10 nitrogen and oxygen atoms in total. The van der Waals surface area contributed by atoms with Crippen molar-refractivity contribution in [2.75, 3.05) is 40.8 Å². The van der Waals surface area contributed by atoms with Crippen molar-refractivity contribution in [3.8, 4) is 17.0 Å². The topological polar surface area (TPSA) is 113 Å². The van der Waals surface area contributed by atoms with E-state index in [0.717, 1.165) is 69.0 Å². The summed E-state index contributed by atoms with van der Waals surface area (Å²) < 4.78 is 50.1. The number of hydrogen-bond donors (Lipinski definition) is 2. The van der Waals surface area contributed by atoms with Gasteiger partial charge in [0.15, 0.2) is 0 Å². The quantitative estimate of drug-likeness (QED) is 0.254. The van der Waals surface area contributed by atoms with Gasteiger partial charge in [0, 0.05) is 74.3 Å². The monoisotopic (exact) mass is 713 g/mol. The van der Waals surface area contributed by atoms with Crippen LogP contribution in [0.25, 0.3) is 22.2 Å². The highest BCUT2D eigenvalue weighted by atomic mass is 32.2. The van der Waals surface area contributed by atoms with E-state index in [1.165, 1.54) is 38.2 Å². The smallest absolute Gasteiger partial charge is 0.303 e. The molecule has 0 spiro atoms. The summed E-state index contributed by atoms with van der Waals surface area (Å²) in [4.78, 5) is 30.4. The van der Waals surface area contributed by atoms with E-state index in [1.54, 1.807) is 31.4 Å². The van der Waals surface area contributed by atoms with E-state index < -0.39 is 21.5 Å². The van der Waals surface area contributed by atoms with Gasteiger partial charge in [-0.1, -0.05) is 37.5 Å². The average molecular weight is 714 g/mol. The number of fused-ring (bicyclic) bond motifs is 7. The first-order chi connectivity index (χ1) is 24.5. The van der Waals surface area contributed by atoms with Crippen molar-refractivity contribution in [3.05, 3.63) is 88.7 Å². The zero-order valence-corrected chi connectivity index (χ0v) is 30.1. The molecule has 2 aliphatic heterocycles. The maximum absolute atomic E-state index is 15.0. The molecule has 2 aliphatic carbocycles. The molecule has 3 unspecified atom stereocenters. The molecule has 2 N–H and O–H groups in total. The first-order valence-corrected chi connectivity index (χ1v) is 19.3. The van der Waals surface area contributed by atoms with E-state index in [1.807, 2.05) is 17.0 Å².